The molecule has 9 heteroatoms. The fraction of sp³-hybridized carbons (Fsp3) is 0.400. The molecule has 8 nitrogen and oxygen atoms in total. The van der Waals surface area contributed by atoms with Crippen molar-refractivity contribution in [3.63, 3.8) is 0 Å². The Balaban J connectivity index is 1.62. The van der Waals surface area contributed by atoms with E-state index in [1.54, 1.807) is 10.8 Å². The van der Waals surface area contributed by atoms with Crippen LogP contribution in [0.4, 0.5) is 0 Å². The van der Waals surface area contributed by atoms with Crippen LogP contribution in [0.2, 0.25) is 5.15 Å². The van der Waals surface area contributed by atoms with Crippen molar-refractivity contribution in [3.05, 3.63) is 69.5 Å². The maximum atomic E-state index is 13.2. The summed E-state index contributed by atoms with van der Waals surface area (Å²) >= 11 is 6.70. The number of unbranched alkanes of at least 4 members (excludes halogenated alkanes) is 3. The van der Waals surface area contributed by atoms with Crippen molar-refractivity contribution in [1.82, 2.24) is 34.7 Å². The molecule has 0 unspecified atom stereocenters. The van der Waals surface area contributed by atoms with Crippen molar-refractivity contribution in [1.29, 1.82) is 0 Å². The second-order valence-corrected chi connectivity index (χ2v) is 8.76. The van der Waals surface area contributed by atoms with E-state index >= 15 is 0 Å². The minimum absolute atomic E-state index is 0.0274. The molecule has 1 N–H and O–H groups in total. The van der Waals surface area contributed by atoms with Crippen molar-refractivity contribution in [2.45, 2.75) is 65.5 Å². The number of imidazole rings is 1. The third kappa shape index (κ3) is 5.12. The predicted molar refractivity (Wildman–Crippen MR) is 134 cm³/mol. The minimum atomic E-state index is -0.0274. The van der Waals surface area contributed by atoms with Crippen LogP contribution in [-0.4, -0.2) is 34.7 Å². The average molecular weight is 480 g/mol. The molecule has 0 saturated heterocycles. The number of nitrogens with zero attached hydrogens (tertiary/aromatic N) is 6. The molecule has 4 rings (SSSR count). The molecule has 0 amide bonds. The molecule has 178 valence electrons. The van der Waals surface area contributed by atoms with Gasteiger partial charge in [-0.15, -0.1) is 10.2 Å². The molecule has 0 aliphatic carbocycles. The van der Waals surface area contributed by atoms with Crippen molar-refractivity contribution in [2.24, 2.45) is 0 Å². The number of aromatic nitrogens is 7. The zero-order chi connectivity index (χ0) is 23.9. The standard InChI is InChI=1S/C25H30ClN7O/c1-3-5-7-16-32-23(26)21(10-6-4-2)33(25(32)34)17-18-11-13-19(14-12-18)22-20(9-8-15-27-22)24-28-30-31-29-24/h8-9,11-15H,3-7,10,16-17H2,1-2H3,(H,28,29,30,31). The van der Waals surface area contributed by atoms with Gasteiger partial charge in [0.25, 0.3) is 0 Å². The lowest BCUT2D eigenvalue weighted by Gasteiger charge is -2.09. The maximum absolute atomic E-state index is 13.2. The van der Waals surface area contributed by atoms with Gasteiger partial charge in [-0.05, 0) is 42.2 Å². The summed E-state index contributed by atoms with van der Waals surface area (Å²) in [5, 5.41) is 14.9. The second kappa shape index (κ2) is 11.2. The number of hydrogen-bond donors (Lipinski definition) is 1. The van der Waals surface area contributed by atoms with Gasteiger partial charge >= 0.3 is 5.69 Å². The van der Waals surface area contributed by atoms with Crippen LogP contribution in [-0.2, 0) is 19.5 Å². The monoisotopic (exact) mass is 479 g/mol. The van der Waals surface area contributed by atoms with Crippen molar-refractivity contribution < 1.29 is 0 Å². The van der Waals surface area contributed by atoms with Gasteiger partial charge in [-0.1, -0.05) is 69.0 Å². The van der Waals surface area contributed by atoms with Crippen molar-refractivity contribution in [3.8, 4) is 22.6 Å². The Morgan fingerprint density at radius 3 is 2.50 bits per heavy atom. The van der Waals surface area contributed by atoms with Crippen LogP contribution >= 0.6 is 11.6 Å². The smallest absolute Gasteiger partial charge is 0.290 e. The van der Waals surface area contributed by atoms with Crippen LogP contribution in [0.1, 0.15) is 57.2 Å². The average Bonchev–Trinajstić information content (AvgIpc) is 3.47. The molecule has 0 aliphatic heterocycles. The van der Waals surface area contributed by atoms with E-state index in [0.717, 1.165) is 66.6 Å². The SMILES string of the molecule is CCCCCn1c(Cl)c(CCCC)n(Cc2ccc(-c3ncccc3-c3nn[nH]n3)cc2)c1=O. The summed E-state index contributed by atoms with van der Waals surface area (Å²) in [6, 6.07) is 11.9. The summed E-state index contributed by atoms with van der Waals surface area (Å²) in [4.78, 5) is 17.8. The molecule has 0 fully saturated rings. The Morgan fingerprint density at radius 1 is 1.00 bits per heavy atom. The fourth-order valence-electron chi connectivity index (χ4n) is 4.11. The first-order chi connectivity index (χ1) is 16.6. The number of tetrazole rings is 1. The van der Waals surface area contributed by atoms with Crippen LogP contribution in [0.25, 0.3) is 22.6 Å². The molecule has 3 heterocycles. The Labute approximate surface area is 204 Å². The maximum Gasteiger partial charge on any atom is 0.329 e. The molecular formula is C25H30ClN7O. The summed E-state index contributed by atoms with van der Waals surface area (Å²) in [5.74, 6) is 0.498. The van der Waals surface area contributed by atoms with E-state index < -0.39 is 0 Å². The molecule has 1 aromatic carbocycles. The summed E-state index contributed by atoms with van der Waals surface area (Å²) in [5.41, 5.74) is 4.46. The van der Waals surface area contributed by atoms with E-state index in [1.165, 1.54) is 0 Å². The number of rotatable bonds is 11. The highest BCUT2D eigenvalue weighted by molar-refractivity contribution is 6.30. The van der Waals surface area contributed by atoms with Gasteiger partial charge in [-0.2, -0.15) is 5.21 Å². The first kappa shape index (κ1) is 23.9. The van der Waals surface area contributed by atoms with Crippen LogP contribution in [0.5, 0.6) is 0 Å². The number of benzene rings is 1. The topological polar surface area (TPSA) is 94.3 Å². The quantitative estimate of drug-likeness (QED) is 0.301. The van der Waals surface area contributed by atoms with Gasteiger partial charge in [0, 0.05) is 23.9 Å². The Hall–Kier alpha value is -3.26. The Kier molecular flexibility index (Phi) is 7.90. The zero-order valence-electron chi connectivity index (χ0n) is 19.7. The van der Waals surface area contributed by atoms with Gasteiger partial charge in [0.1, 0.15) is 5.15 Å². The van der Waals surface area contributed by atoms with Gasteiger partial charge < -0.3 is 0 Å². The molecule has 0 saturated carbocycles. The third-order valence-corrected chi connectivity index (χ3v) is 6.40. The number of nitrogens with one attached hydrogen (secondary N) is 1. The lowest BCUT2D eigenvalue weighted by atomic mass is 10.0. The second-order valence-electron chi connectivity index (χ2n) is 8.40. The predicted octanol–water partition coefficient (Wildman–Crippen LogP) is 5.13. The summed E-state index contributed by atoms with van der Waals surface area (Å²) in [6.45, 7) is 5.45. The van der Waals surface area contributed by atoms with Crippen LogP contribution in [0.15, 0.2) is 47.4 Å². The molecule has 34 heavy (non-hydrogen) atoms. The molecule has 0 aliphatic rings. The van der Waals surface area contributed by atoms with Crippen molar-refractivity contribution in [2.75, 3.05) is 0 Å². The number of hydrogen-bond acceptors (Lipinski definition) is 5. The fourth-order valence-corrected chi connectivity index (χ4v) is 4.47. The van der Waals surface area contributed by atoms with Gasteiger partial charge in [0.2, 0.25) is 5.82 Å². The number of pyridine rings is 1. The van der Waals surface area contributed by atoms with E-state index in [0.29, 0.717) is 24.1 Å². The lowest BCUT2D eigenvalue weighted by Crippen LogP contribution is -2.25. The first-order valence-corrected chi connectivity index (χ1v) is 12.3. The Morgan fingerprint density at radius 2 is 1.79 bits per heavy atom. The van der Waals surface area contributed by atoms with E-state index in [-0.39, 0.29) is 5.69 Å². The number of halogens is 1. The molecular weight excluding hydrogens is 450 g/mol. The van der Waals surface area contributed by atoms with Crippen LogP contribution in [0, 0.1) is 0 Å². The third-order valence-electron chi connectivity index (χ3n) is 5.98. The summed E-state index contributed by atoms with van der Waals surface area (Å²) in [7, 11) is 0. The molecule has 0 bridgehead atoms. The summed E-state index contributed by atoms with van der Waals surface area (Å²) in [6.07, 6.45) is 7.73. The molecule has 0 atom stereocenters. The van der Waals surface area contributed by atoms with Crippen molar-refractivity contribution >= 4 is 11.6 Å². The highest BCUT2D eigenvalue weighted by Crippen LogP contribution is 2.28. The van der Waals surface area contributed by atoms with Crippen LogP contribution in [0.3, 0.4) is 0 Å². The molecule has 0 spiro atoms. The Bertz CT molecular complexity index is 1260. The first-order valence-electron chi connectivity index (χ1n) is 11.9. The molecule has 3 aromatic heterocycles. The van der Waals surface area contributed by atoms with Crippen LogP contribution < -0.4 is 5.69 Å². The largest absolute Gasteiger partial charge is 0.329 e. The normalized spacial score (nSPS) is 11.3. The van der Waals surface area contributed by atoms with Gasteiger partial charge in [-0.3, -0.25) is 14.1 Å². The van der Waals surface area contributed by atoms with Gasteiger partial charge in [-0.25, -0.2) is 4.79 Å². The van der Waals surface area contributed by atoms with E-state index in [9.17, 15) is 4.79 Å². The van der Waals surface area contributed by atoms with E-state index in [1.807, 2.05) is 41.0 Å². The van der Waals surface area contributed by atoms with Gasteiger partial charge in [0.05, 0.1) is 17.9 Å². The lowest BCUT2D eigenvalue weighted by molar-refractivity contribution is 0.573. The molecule has 4 aromatic rings. The highest BCUT2D eigenvalue weighted by atomic mass is 35.5. The zero-order valence-corrected chi connectivity index (χ0v) is 20.4. The highest BCUT2D eigenvalue weighted by Gasteiger charge is 2.18. The van der Waals surface area contributed by atoms with E-state index in [4.69, 9.17) is 11.6 Å². The molecule has 0 radical (unpaired) electrons. The van der Waals surface area contributed by atoms with Gasteiger partial charge in [0.15, 0.2) is 0 Å². The number of H-pyrrole nitrogens is 1. The number of aromatic amines is 1. The summed E-state index contributed by atoms with van der Waals surface area (Å²) < 4.78 is 3.58. The minimum Gasteiger partial charge on any atom is -0.290 e. The van der Waals surface area contributed by atoms with E-state index in [2.05, 4.69) is 39.5 Å².